The number of nitrogens with zero attached hydrogens (tertiary/aromatic N) is 1. The summed E-state index contributed by atoms with van der Waals surface area (Å²) in [6.07, 6.45) is 1.97. The standard InChI is InChI=1S/C18H22N2O3S/c1-4-15-7-11-17(12-8-15)20(24(3,22)23)13-18(21)19-16-9-5-14(2)6-10-16/h5-12H,4,13H2,1-3H3,(H,19,21). The normalized spacial score (nSPS) is 11.1. The van der Waals surface area contributed by atoms with Crippen LogP contribution in [0.5, 0.6) is 0 Å². The molecule has 0 bridgehead atoms. The fourth-order valence-electron chi connectivity index (χ4n) is 2.27. The van der Waals surface area contributed by atoms with Gasteiger partial charge < -0.3 is 5.32 Å². The highest BCUT2D eigenvalue weighted by atomic mass is 32.2. The van der Waals surface area contributed by atoms with Gasteiger partial charge in [-0.15, -0.1) is 0 Å². The fraction of sp³-hybridized carbons (Fsp3) is 0.278. The molecule has 2 rings (SSSR count). The van der Waals surface area contributed by atoms with Gasteiger partial charge in [-0.1, -0.05) is 36.8 Å². The van der Waals surface area contributed by atoms with Crippen LogP contribution in [0.25, 0.3) is 0 Å². The Morgan fingerprint density at radius 3 is 2.12 bits per heavy atom. The zero-order chi connectivity index (χ0) is 17.7. The number of benzene rings is 2. The van der Waals surface area contributed by atoms with Crippen LogP contribution in [0.1, 0.15) is 18.1 Å². The maximum absolute atomic E-state index is 12.2. The Morgan fingerprint density at radius 1 is 1.04 bits per heavy atom. The second kappa shape index (κ2) is 7.49. The molecule has 0 aliphatic carbocycles. The lowest BCUT2D eigenvalue weighted by Gasteiger charge is -2.22. The van der Waals surface area contributed by atoms with Gasteiger partial charge in [-0.25, -0.2) is 8.42 Å². The van der Waals surface area contributed by atoms with Crippen LogP contribution in [0.2, 0.25) is 0 Å². The summed E-state index contributed by atoms with van der Waals surface area (Å²) in [6, 6.07) is 14.5. The van der Waals surface area contributed by atoms with Crippen molar-refractivity contribution in [3.8, 4) is 0 Å². The third-order valence-electron chi connectivity index (χ3n) is 3.66. The van der Waals surface area contributed by atoms with Gasteiger partial charge in [-0.2, -0.15) is 0 Å². The van der Waals surface area contributed by atoms with E-state index in [0.29, 0.717) is 11.4 Å². The first-order chi connectivity index (χ1) is 11.3. The molecule has 0 aromatic heterocycles. The maximum atomic E-state index is 12.2. The Labute approximate surface area is 143 Å². The van der Waals surface area contributed by atoms with Crippen molar-refractivity contribution < 1.29 is 13.2 Å². The van der Waals surface area contributed by atoms with Gasteiger partial charge in [0.2, 0.25) is 15.9 Å². The van der Waals surface area contributed by atoms with Crippen molar-refractivity contribution in [2.24, 2.45) is 0 Å². The fourth-order valence-corrected chi connectivity index (χ4v) is 3.12. The summed E-state index contributed by atoms with van der Waals surface area (Å²) in [6.45, 7) is 3.72. The van der Waals surface area contributed by atoms with Crippen LogP contribution < -0.4 is 9.62 Å². The average Bonchev–Trinajstić information content (AvgIpc) is 2.54. The average molecular weight is 346 g/mol. The molecule has 0 radical (unpaired) electrons. The molecular weight excluding hydrogens is 324 g/mol. The predicted octanol–water partition coefficient (Wildman–Crippen LogP) is 2.96. The molecule has 0 aliphatic heterocycles. The first-order valence-electron chi connectivity index (χ1n) is 7.73. The van der Waals surface area contributed by atoms with E-state index < -0.39 is 10.0 Å². The van der Waals surface area contributed by atoms with Crippen molar-refractivity contribution in [2.45, 2.75) is 20.3 Å². The van der Waals surface area contributed by atoms with E-state index in [2.05, 4.69) is 5.32 Å². The Morgan fingerprint density at radius 2 is 1.62 bits per heavy atom. The van der Waals surface area contributed by atoms with Crippen LogP contribution in [0, 0.1) is 6.92 Å². The maximum Gasteiger partial charge on any atom is 0.245 e. The van der Waals surface area contributed by atoms with E-state index in [4.69, 9.17) is 0 Å². The van der Waals surface area contributed by atoms with E-state index in [1.54, 1.807) is 24.3 Å². The van der Waals surface area contributed by atoms with Crippen LogP contribution in [0.3, 0.4) is 0 Å². The molecule has 6 heteroatoms. The van der Waals surface area contributed by atoms with Gasteiger partial charge in [-0.3, -0.25) is 9.10 Å². The number of amides is 1. The third-order valence-corrected chi connectivity index (χ3v) is 4.80. The number of rotatable bonds is 6. The zero-order valence-corrected chi connectivity index (χ0v) is 14.9. The Balaban J connectivity index is 2.16. The predicted molar refractivity (Wildman–Crippen MR) is 97.8 cm³/mol. The Kier molecular flexibility index (Phi) is 5.62. The van der Waals surface area contributed by atoms with E-state index in [1.165, 1.54) is 0 Å². The van der Waals surface area contributed by atoms with Crippen LogP contribution in [0.15, 0.2) is 48.5 Å². The number of aryl methyl sites for hydroxylation is 2. The van der Waals surface area contributed by atoms with Crippen molar-refractivity contribution in [3.05, 3.63) is 59.7 Å². The number of carbonyl (C=O) groups is 1. The summed E-state index contributed by atoms with van der Waals surface area (Å²) in [5.41, 5.74) is 3.31. The molecule has 0 saturated heterocycles. The van der Waals surface area contributed by atoms with Gasteiger partial charge in [0.25, 0.3) is 0 Å². The van der Waals surface area contributed by atoms with Gasteiger partial charge in [0.1, 0.15) is 6.54 Å². The van der Waals surface area contributed by atoms with E-state index >= 15 is 0 Å². The molecule has 128 valence electrons. The van der Waals surface area contributed by atoms with Crippen LogP contribution in [0.4, 0.5) is 11.4 Å². The smallest absolute Gasteiger partial charge is 0.245 e. The second-order valence-electron chi connectivity index (χ2n) is 5.70. The van der Waals surface area contributed by atoms with E-state index in [9.17, 15) is 13.2 Å². The molecule has 0 heterocycles. The lowest BCUT2D eigenvalue weighted by atomic mass is 10.1. The Hall–Kier alpha value is -2.34. The quantitative estimate of drug-likeness (QED) is 0.874. The molecular formula is C18H22N2O3S. The molecule has 1 amide bonds. The first-order valence-corrected chi connectivity index (χ1v) is 9.57. The molecule has 0 saturated carbocycles. The SMILES string of the molecule is CCc1ccc(N(CC(=O)Nc2ccc(C)cc2)S(C)(=O)=O)cc1. The molecule has 24 heavy (non-hydrogen) atoms. The van der Waals surface area contributed by atoms with Crippen LogP contribution in [-0.4, -0.2) is 27.1 Å². The van der Waals surface area contributed by atoms with E-state index in [0.717, 1.165) is 28.1 Å². The van der Waals surface area contributed by atoms with Crippen molar-refractivity contribution in [2.75, 3.05) is 22.4 Å². The highest BCUT2D eigenvalue weighted by Gasteiger charge is 2.20. The summed E-state index contributed by atoms with van der Waals surface area (Å²) in [7, 11) is -3.56. The Bertz CT molecular complexity index is 797. The summed E-state index contributed by atoms with van der Waals surface area (Å²) in [5, 5.41) is 2.72. The summed E-state index contributed by atoms with van der Waals surface area (Å²) < 4.78 is 25.2. The molecule has 0 unspecified atom stereocenters. The summed E-state index contributed by atoms with van der Waals surface area (Å²) >= 11 is 0. The summed E-state index contributed by atoms with van der Waals surface area (Å²) in [4.78, 5) is 12.2. The van der Waals surface area contributed by atoms with Crippen molar-refractivity contribution >= 4 is 27.3 Å². The van der Waals surface area contributed by atoms with Gasteiger partial charge in [0, 0.05) is 5.69 Å². The first kappa shape index (κ1) is 18.0. The molecule has 0 fully saturated rings. The van der Waals surface area contributed by atoms with E-state index in [-0.39, 0.29) is 12.5 Å². The van der Waals surface area contributed by atoms with Crippen LogP contribution in [-0.2, 0) is 21.2 Å². The minimum absolute atomic E-state index is 0.266. The number of nitrogens with one attached hydrogen (secondary N) is 1. The molecule has 2 aromatic carbocycles. The molecule has 0 spiro atoms. The number of hydrogen-bond donors (Lipinski definition) is 1. The number of hydrogen-bond acceptors (Lipinski definition) is 3. The minimum atomic E-state index is -3.56. The van der Waals surface area contributed by atoms with E-state index in [1.807, 2.05) is 38.1 Å². The van der Waals surface area contributed by atoms with Crippen molar-refractivity contribution in [1.82, 2.24) is 0 Å². The summed E-state index contributed by atoms with van der Waals surface area (Å²) in [5.74, 6) is -0.385. The van der Waals surface area contributed by atoms with Crippen LogP contribution >= 0.6 is 0 Å². The lowest BCUT2D eigenvalue weighted by molar-refractivity contribution is -0.114. The zero-order valence-electron chi connectivity index (χ0n) is 14.1. The molecule has 2 aromatic rings. The third kappa shape index (κ3) is 4.83. The molecule has 5 nitrogen and oxygen atoms in total. The molecule has 0 atom stereocenters. The number of anilines is 2. The largest absolute Gasteiger partial charge is 0.325 e. The van der Waals surface area contributed by atoms with Crippen molar-refractivity contribution in [1.29, 1.82) is 0 Å². The molecule has 1 N–H and O–H groups in total. The highest BCUT2D eigenvalue weighted by Crippen LogP contribution is 2.19. The number of sulfonamides is 1. The topological polar surface area (TPSA) is 66.5 Å². The van der Waals surface area contributed by atoms with Crippen molar-refractivity contribution in [3.63, 3.8) is 0 Å². The molecule has 0 aliphatic rings. The van der Waals surface area contributed by atoms with Gasteiger partial charge in [0.15, 0.2) is 0 Å². The monoisotopic (exact) mass is 346 g/mol. The van der Waals surface area contributed by atoms with Gasteiger partial charge in [-0.05, 0) is 43.2 Å². The minimum Gasteiger partial charge on any atom is -0.325 e. The lowest BCUT2D eigenvalue weighted by Crippen LogP contribution is -2.37. The second-order valence-corrected chi connectivity index (χ2v) is 7.61. The van der Waals surface area contributed by atoms with Gasteiger partial charge in [0.05, 0.1) is 11.9 Å². The number of carbonyl (C=O) groups excluding carboxylic acids is 1. The van der Waals surface area contributed by atoms with Gasteiger partial charge >= 0.3 is 0 Å². The highest BCUT2D eigenvalue weighted by molar-refractivity contribution is 7.92.